The highest BCUT2D eigenvalue weighted by Crippen LogP contribution is 2.05. The van der Waals surface area contributed by atoms with Crippen LogP contribution in [0.1, 0.15) is 13.8 Å². The molecule has 0 radical (unpaired) electrons. The number of nitrogens with two attached hydrogens (primary N) is 2. The van der Waals surface area contributed by atoms with E-state index in [4.69, 9.17) is 16.6 Å². The Balaban J connectivity index is 4.04. The molecule has 0 aliphatic rings. The topological polar surface area (TPSA) is 89.3 Å². The van der Waals surface area contributed by atoms with Gasteiger partial charge in [0.15, 0.2) is 0 Å². The standard InChI is InChI=1S/C5H12N2O2/c1-3(4(8)9)5(2,6)7/h3H,6-7H2,1-2H3,(H,8,9). The lowest BCUT2D eigenvalue weighted by atomic mass is 9.99. The summed E-state index contributed by atoms with van der Waals surface area (Å²) in [6, 6.07) is 0. The van der Waals surface area contributed by atoms with Crippen LogP contribution in [-0.4, -0.2) is 16.7 Å². The molecule has 0 aromatic heterocycles. The van der Waals surface area contributed by atoms with E-state index in [1.807, 2.05) is 0 Å². The summed E-state index contributed by atoms with van der Waals surface area (Å²) in [5.41, 5.74) is 9.43. The molecule has 0 heterocycles. The fourth-order valence-corrected chi connectivity index (χ4v) is 0.266. The Bertz CT molecular complexity index is 117. The molecule has 0 bridgehead atoms. The maximum Gasteiger partial charge on any atom is 0.309 e. The molecule has 0 rings (SSSR count). The molecule has 0 aromatic carbocycles. The molecule has 0 saturated carbocycles. The lowest BCUT2D eigenvalue weighted by Gasteiger charge is -2.22. The first-order valence-electron chi connectivity index (χ1n) is 2.66. The smallest absolute Gasteiger partial charge is 0.309 e. The molecule has 1 atom stereocenters. The third kappa shape index (κ3) is 2.43. The van der Waals surface area contributed by atoms with Crippen molar-refractivity contribution in [2.24, 2.45) is 17.4 Å². The maximum atomic E-state index is 10.2. The van der Waals surface area contributed by atoms with Crippen molar-refractivity contribution >= 4 is 5.97 Å². The first-order chi connectivity index (χ1) is 3.85. The van der Waals surface area contributed by atoms with Crippen LogP contribution in [0.15, 0.2) is 0 Å². The van der Waals surface area contributed by atoms with Crippen LogP contribution >= 0.6 is 0 Å². The van der Waals surface area contributed by atoms with Crippen molar-refractivity contribution in [2.45, 2.75) is 19.5 Å². The van der Waals surface area contributed by atoms with Crippen molar-refractivity contribution in [2.75, 3.05) is 0 Å². The highest BCUT2D eigenvalue weighted by molar-refractivity contribution is 5.70. The Morgan fingerprint density at radius 2 is 2.00 bits per heavy atom. The van der Waals surface area contributed by atoms with Crippen LogP contribution in [0.3, 0.4) is 0 Å². The van der Waals surface area contributed by atoms with E-state index in [9.17, 15) is 4.79 Å². The van der Waals surface area contributed by atoms with Gasteiger partial charge < -0.3 is 16.6 Å². The van der Waals surface area contributed by atoms with E-state index in [2.05, 4.69) is 0 Å². The minimum atomic E-state index is -1.12. The Hall–Kier alpha value is -0.610. The van der Waals surface area contributed by atoms with Crippen LogP contribution < -0.4 is 11.5 Å². The number of carboxylic acids is 1. The van der Waals surface area contributed by atoms with E-state index in [0.717, 1.165) is 0 Å². The zero-order valence-electron chi connectivity index (χ0n) is 5.59. The van der Waals surface area contributed by atoms with Gasteiger partial charge in [0.2, 0.25) is 0 Å². The molecule has 4 heteroatoms. The average molecular weight is 132 g/mol. The summed E-state index contributed by atoms with van der Waals surface area (Å²) < 4.78 is 0. The Morgan fingerprint density at radius 3 is 2.00 bits per heavy atom. The molecular formula is C5H12N2O2. The second kappa shape index (κ2) is 2.33. The minimum absolute atomic E-state index is 0.711. The fourth-order valence-electron chi connectivity index (χ4n) is 0.266. The van der Waals surface area contributed by atoms with Gasteiger partial charge >= 0.3 is 5.97 Å². The van der Waals surface area contributed by atoms with Gasteiger partial charge in [-0.25, -0.2) is 0 Å². The predicted molar refractivity (Wildman–Crippen MR) is 33.6 cm³/mol. The Labute approximate surface area is 53.8 Å². The van der Waals surface area contributed by atoms with Gasteiger partial charge in [-0.2, -0.15) is 0 Å². The van der Waals surface area contributed by atoms with Gasteiger partial charge in [0, 0.05) is 0 Å². The summed E-state index contributed by atoms with van der Waals surface area (Å²) in [6.07, 6.45) is 0. The molecule has 0 aliphatic heterocycles. The number of rotatable bonds is 2. The number of carbonyl (C=O) groups is 1. The van der Waals surface area contributed by atoms with Crippen molar-refractivity contribution in [1.82, 2.24) is 0 Å². The quantitative estimate of drug-likeness (QED) is 0.435. The summed E-state index contributed by atoms with van der Waals surface area (Å²) >= 11 is 0. The van der Waals surface area contributed by atoms with Crippen LogP contribution in [0.4, 0.5) is 0 Å². The van der Waals surface area contributed by atoms with E-state index in [-0.39, 0.29) is 0 Å². The molecule has 0 spiro atoms. The predicted octanol–water partition coefficient (Wildman–Crippen LogP) is -0.659. The average Bonchev–Trinajstić information content (AvgIpc) is 1.62. The lowest BCUT2D eigenvalue weighted by molar-refractivity contribution is -0.143. The van der Waals surface area contributed by atoms with Gasteiger partial charge in [-0.15, -0.1) is 0 Å². The van der Waals surface area contributed by atoms with Gasteiger partial charge in [-0.1, -0.05) is 0 Å². The second-order valence-electron chi connectivity index (χ2n) is 2.43. The van der Waals surface area contributed by atoms with Gasteiger partial charge in [-0.3, -0.25) is 4.79 Å². The monoisotopic (exact) mass is 132 g/mol. The zero-order chi connectivity index (χ0) is 7.65. The van der Waals surface area contributed by atoms with Gasteiger partial charge in [0.25, 0.3) is 0 Å². The molecule has 1 unspecified atom stereocenters. The first-order valence-corrected chi connectivity index (χ1v) is 2.66. The SMILES string of the molecule is CC(C(=O)O)C(C)(N)N. The summed E-state index contributed by atoms with van der Waals surface area (Å²) in [4.78, 5) is 10.2. The first kappa shape index (κ1) is 8.39. The minimum Gasteiger partial charge on any atom is -0.481 e. The third-order valence-electron chi connectivity index (χ3n) is 1.30. The van der Waals surface area contributed by atoms with Gasteiger partial charge in [0.05, 0.1) is 11.6 Å². The van der Waals surface area contributed by atoms with E-state index in [1.165, 1.54) is 13.8 Å². The van der Waals surface area contributed by atoms with Gasteiger partial charge in [-0.05, 0) is 13.8 Å². The molecule has 0 amide bonds. The van der Waals surface area contributed by atoms with Crippen LogP contribution in [0, 0.1) is 5.92 Å². The van der Waals surface area contributed by atoms with Crippen molar-refractivity contribution in [3.8, 4) is 0 Å². The van der Waals surface area contributed by atoms with Crippen molar-refractivity contribution < 1.29 is 9.90 Å². The Morgan fingerprint density at radius 1 is 1.67 bits per heavy atom. The summed E-state index contributed by atoms with van der Waals surface area (Å²) in [6.45, 7) is 2.95. The largest absolute Gasteiger partial charge is 0.481 e. The van der Waals surface area contributed by atoms with Crippen molar-refractivity contribution in [3.63, 3.8) is 0 Å². The van der Waals surface area contributed by atoms with E-state index >= 15 is 0 Å². The van der Waals surface area contributed by atoms with Crippen LogP contribution in [0.5, 0.6) is 0 Å². The zero-order valence-corrected chi connectivity index (χ0v) is 5.59. The molecule has 9 heavy (non-hydrogen) atoms. The number of hydrogen-bond acceptors (Lipinski definition) is 3. The second-order valence-corrected chi connectivity index (χ2v) is 2.43. The third-order valence-corrected chi connectivity index (χ3v) is 1.30. The molecule has 0 aromatic rings. The summed E-state index contributed by atoms with van der Waals surface area (Å²) in [5, 5.41) is 8.36. The fraction of sp³-hybridized carbons (Fsp3) is 0.800. The molecule has 4 nitrogen and oxygen atoms in total. The number of carboxylic acid groups (broad SMARTS) is 1. The number of aliphatic carboxylic acids is 1. The van der Waals surface area contributed by atoms with Crippen molar-refractivity contribution in [1.29, 1.82) is 0 Å². The summed E-state index contributed by atoms with van der Waals surface area (Å²) in [5.74, 6) is -1.68. The highest BCUT2D eigenvalue weighted by Gasteiger charge is 2.27. The summed E-state index contributed by atoms with van der Waals surface area (Å²) in [7, 11) is 0. The Kier molecular flexibility index (Phi) is 2.17. The highest BCUT2D eigenvalue weighted by atomic mass is 16.4. The molecular weight excluding hydrogens is 120 g/mol. The maximum absolute atomic E-state index is 10.2. The van der Waals surface area contributed by atoms with Crippen LogP contribution in [0.2, 0.25) is 0 Å². The van der Waals surface area contributed by atoms with E-state index in [0.29, 0.717) is 0 Å². The van der Waals surface area contributed by atoms with Crippen LogP contribution in [-0.2, 0) is 4.79 Å². The molecule has 0 saturated heterocycles. The van der Waals surface area contributed by atoms with Gasteiger partial charge in [0.1, 0.15) is 0 Å². The van der Waals surface area contributed by atoms with Crippen LogP contribution in [0.25, 0.3) is 0 Å². The van der Waals surface area contributed by atoms with E-state index in [1.54, 1.807) is 0 Å². The number of hydrogen-bond donors (Lipinski definition) is 3. The normalized spacial score (nSPS) is 15.1. The van der Waals surface area contributed by atoms with E-state index < -0.39 is 17.6 Å². The lowest BCUT2D eigenvalue weighted by Crippen LogP contribution is -2.54. The van der Waals surface area contributed by atoms with Crippen molar-refractivity contribution in [3.05, 3.63) is 0 Å². The molecule has 0 aliphatic carbocycles. The molecule has 5 N–H and O–H groups in total. The molecule has 0 fully saturated rings. The molecule has 54 valence electrons.